The molecule has 0 bridgehead atoms. The second kappa shape index (κ2) is 10.4. The number of nitrogens with zero attached hydrogens (tertiary/aromatic N) is 2. The summed E-state index contributed by atoms with van der Waals surface area (Å²) in [5, 5.41) is 17.1. The molecule has 0 fully saturated rings. The van der Waals surface area contributed by atoms with E-state index in [1.807, 2.05) is 17.8 Å². The number of aliphatic hydroxyl groups is 1. The van der Waals surface area contributed by atoms with Crippen molar-refractivity contribution in [2.45, 2.75) is 50.8 Å². The average Bonchev–Trinajstić information content (AvgIpc) is 3.21. The molecule has 1 unspecified atom stereocenters. The summed E-state index contributed by atoms with van der Waals surface area (Å²) in [6.07, 6.45) is 5.74. The quantitative estimate of drug-likeness (QED) is 0.473. The Morgan fingerprint density at radius 2 is 2.00 bits per heavy atom. The SMILES string of the molecule is CC(=O)N[C@@H](Cc1cc(F)cc(F)c1)[C@@H](O)CNC1CCCc2ccc(-c3cncn3C)cc21. The van der Waals surface area contributed by atoms with Crippen molar-refractivity contribution in [3.63, 3.8) is 0 Å². The number of carbonyl (C=O) groups is 1. The maximum atomic E-state index is 13.6. The zero-order valence-corrected chi connectivity index (χ0v) is 19.4. The van der Waals surface area contributed by atoms with Crippen LogP contribution in [0, 0.1) is 11.6 Å². The fourth-order valence-electron chi connectivity index (χ4n) is 4.74. The second-order valence-electron chi connectivity index (χ2n) is 9.01. The number of hydrogen-bond donors (Lipinski definition) is 3. The number of nitrogens with one attached hydrogen (secondary N) is 2. The molecule has 0 saturated carbocycles. The van der Waals surface area contributed by atoms with E-state index in [2.05, 4.69) is 33.8 Å². The van der Waals surface area contributed by atoms with Crippen molar-refractivity contribution in [2.24, 2.45) is 7.05 Å². The highest BCUT2D eigenvalue weighted by Gasteiger charge is 2.25. The lowest BCUT2D eigenvalue weighted by Crippen LogP contribution is -2.48. The molecule has 3 atom stereocenters. The molecule has 6 nitrogen and oxygen atoms in total. The lowest BCUT2D eigenvalue weighted by Gasteiger charge is -2.30. The van der Waals surface area contributed by atoms with E-state index in [1.165, 1.54) is 30.2 Å². The molecular weight excluding hydrogens is 438 g/mol. The van der Waals surface area contributed by atoms with E-state index in [0.29, 0.717) is 5.56 Å². The standard InChI is InChI=1S/C26H30F2N4O2/c1-16(33)31-24(10-17-8-20(27)12-21(28)9-17)26(34)14-30-23-5-3-4-18-6-7-19(11-22(18)23)25-13-29-15-32(25)2/h6-9,11-13,15,23-24,26,30,34H,3-5,10,14H2,1-2H3,(H,31,33)/t23?,24-,26-/m0/s1. The number of hydrogen-bond acceptors (Lipinski definition) is 4. The van der Waals surface area contributed by atoms with Crippen LogP contribution >= 0.6 is 0 Å². The van der Waals surface area contributed by atoms with Crippen LogP contribution in [0.5, 0.6) is 0 Å². The van der Waals surface area contributed by atoms with Crippen LogP contribution in [0.3, 0.4) is 0 Å². The number of aliphatic hydroxyl groups excluding tert-OH is 1. The predicted molar refractivity (Wildman–Crippen MR) is 126 cm³/mol. The lowest BCUT2D eigenvalue weighted by molar-refractivity contribution is -0.120. The monoisotopic (exact) mass is 468 g/mol. The normalized spacial score (nSPS) is 17.1. The van der Waals surface area contributed by atoms with Crippen molar-refractivity contribution in [1.29, 1.82) is 0 Å². The summed E-state index contributed by atoms with van der Waals surface area (Å²) in [6, 6.07) is 9.04. The van der Waals surface area contributed by atoms with E-state index in [0.717, 1.165) is 36.6 Å². The summed E-state index contributed by atoms with van der Waals surface area (Å²) in [5.74, 6) is -1.69. The molecule has 0 radical (unpaired) electrons. The number of aryl methyl sites for hydroxylation is 2. The molecule has 3 aromatic rings. The molecule has 180 valence electrons. The van der Waals surface area contributed by atoms with Crippen molar-refractivity contribution in [1.82, 2.24) is 20.2 Å². The van der Waals surface area contributed by atoms with Gasteiger partial charge in [-0.2, -0.15) is 0 Å². The van der Waals surface area contributed by atoms with Gasteiger partial charge in [-0.25, -0.2) is 13.8 Å². The van der Waals surface area contributed by atoms with Gasteiger partial charge < -0.3 is 20.3 Å². The number of imidazole rings is 1. The molecule has 34 heavy (non-hydrogen) atoms. The van der Waals surface area contributed by atoms with Crippen molar-refractivity contribution in [3.8, 4) is 11.3 Å². The minimum absolute atomic E-state index is 0.0520. The molecule has 1 aliphatic rings. The second-order valence-corrected chi connectivity index (χ2v) is 9.01. The van der Waals surface area contributed by atoms with Gasteiger partial charge in [-0.05, 0) is 60.6 Å². The third kappa shape index (κ3) is 5.69. The smallest absolute Gasteiger partial charge is 0.217 e. The Balaban J connectivity index is 1.48. The first kappa shape index (κ1) is 24.0. The van der Waals surface area contributed by atoms with Gasteiger partial charge >= 0.3 is 0 Å². The van der Waals surface area contributed by atoms with Crippen LogP contribution < -0.4 is 10.6 Å². The van der Waals surface area contributed by atoms with Crippen LogP contribution in [0.1, 0.15) is 42.5 Å². The summed E-state index contributed by atoms with van der Waals surface area (Å²) in [4.78, 5) is 15.9. The third-order valence-electron chi connectivity index (χ3n) is 6.38. The van der Waals surface area contributed by atoms with E-state index in [4.69, 9.17) is 0 Å². The van der Waals surface area contributed by atoms with Crippen molar-refractivity contribution >= 4 is 5.91 Å². The van der Waals surface area contributed by atoms with Gasteiger partial charge in [0, 0.05) is 38.2 Å². The average molecular weight is 469 g/mol. The van der Waals surface area contributed by atoms with Gasteiger partial charge in [-0.1, -0.05) is 12.1 Å². The molecule has 4 rings (SSSR count). The van der Waals surface area contributed by atoms with E-state index in [1.54, 1.807) is 6.33 Å². The first-order valence-electron chi connectivity index (χ1n) is 11.5. The summed E-state index contributed by atoms with van der Waals surface area (Å²) in [5.41, 5.74) is 4.95. The molecule has 1 heterocycles. The van der Waals surface area contributed by atoms with Gasteiger partial charge in [0.15, 0.2) is 0 Å². The predicted octanol–water partition coefficient (Wildman–Crippen LogP) is 3.44. The Morgan fingerprint density at radius 3 is 2.68 bits per heavy atom. The van der Waals surface area contributed by atoms with Crippen LogP contribution in [-0.4, -0.2) is 39.3 Å². The number of amides is 1. The molecule has 0 saturated heterocycles. The summed E-state index contributed by atoms with van der Waals surface area (Å²) >= 11 is 0. The van der Waals surface area contributed by atoms with Gasteiger partial charge in [-0.3, -0.25) is 4.79 Å². The first-order valence-corrected chi connectivity index (χ1v) is 11.5. The largest absolute Gasteiger partial charge is 0.390 e. The van der Waals surface area contributed by atoms with Gasteiger partial charge in [0.1, 0.15) is 11.6 Å². The van der Waals surface area contributed by atoms with Gasteiger partial charge in [0.25, 0.3) is 0 Å². The Kier molecular flexibility index (Phi) is 7.38. The fourth-order valence-corrected chi connectivity index (χ4v) is 4.74. The number of rotatable bonds is 8. The molecule has 0 spiro atoms. The number of carbonyl (C=O) groups excluding carboxylic acids is 1. The highest BCUT2D eigenvalue weighted by atomic mass is 19.1. The molecule has 3 N–H and O–H groups in total. The van der Waals surface area contributed by atoms with Crippen LogP contribution in [0.15, 0.2) is 48.9 Å². The van der Waals surface area contributed by atoms with Crippen molar-refractivity contribution in [2.75, 3.05) is 6.54 Å². The molecule has 8 heteroatoms. The number of aromatic nitrogens is 2. The minimum Gasteiger partial charge on any atom is -0.390 e. The maximum absolute atomic E-state index is 13.6. The highest BCUT2D eigenvalue weighted by Crippen LogP contribution is 2.33. The van der Waals surface area contributed by atoms with Crippen LogP contribution in [0.25, 0.3) is 11.3 Å². The topological polar surface area (TPSA) is 79.2 Å². The Hall–Kier alpha value is -3.10. The van der Waals surface area contributed by atoms with Crippen LogP contribution in [0.4, 0.5) is 8.78 Å². The lowest BCUT2D eigenvalue weighted by atomic mass is 9.86. The molecule has 0 aliphatic heterocycles. The Labute approximate surface area is 198 Å². The van der Waals surface area contributed by atoms with Crippen LogP contribution in [-0.2, 0) is 24.7 Å². The minimum atomic E-state index is -0.944. The van der Waals surface area contributed by atoms with Crippen molar-refractivity contribution < 1.29 is 18.7 Å². The number of benzene rings is 2. The van der Waals surface area contributed by atoms with Crippen LogP contribution in [0.2, 0.25) is 0 Å². The van der Waals surface area contributed by atoms with Gasteiger partial charge in [0.05, 0.1) is 30.4 Å². The Morgan fingerprint density at radius 1 is 1.24 bits per heavy atom. The molecule has 2 aromatic carbocycles. The van der Waals surface area contributed by atoms with Crippen molar-refractivity contribution in [3.05, 3.63) is 77.2 Å². The molecule has 1 amide bonds. The highest BCUT2D eigenvalue weighted by molar-refractivity contribution is 5.73. The van der Waals surface area contributed by atoms with E-state index >= 15 is 0 Å². The molecular formula is C26H30F2N4O2. The van der Waals surface area contributed by atoms with Gasteiger partial charge in [0.2, 0.25) is 5.91 Å². The van der Waals surface area contributed by atoms with E-state index in [9.17, 15) is 18.7 Å². The number of halogens is 2. The van der Waals surface area contributed by atoms with Gasteiger partial charge in [-0.15, -0.1) is 0 Å². The zero-order valence-electron chi connectivity index (χ0n) is 19.4. The van der Waals surface area contributed by atoms with E-state index < -0.39 is 23.8 Å². The third-order valence-corrected chi connectivity index (χ3v) is 6.38. The molecule has 1 aromatic heterocycles. The number of fused-ring (bicyclic) bond motifs is 1. The summed E-state index contributed by atoms with van der Waals surface area (Å²) < 4.78 is 29.2. The summed E-state index contributed by atoms with van der Waals surface area (Å²) in [6.45, 7) is 1.58. The maximum Gasteiger partial charge on any atom is 0.217 e. The first-order chi connectivity index (χ1) is 16.3. The van der Waals surface area contributed by atoms with E-state index in [-0.39, 0.29) is 24.9 Å². The fraction of sp³-hybridized carbons (Fsp3) is 0.385. The Bertz CT molecular complexity index is 1140. The molecule has 1 aliphatic carbocycles. The zero-order chi connectivity index (χ0) is 24.2. The summed E-state index contributed by atoms with van der Waals surface area (Å²) in [7, 11) is 1.96.